The summed E-state index contributed by atoms with van der Waals surface area (Å²) in [7, 11) is 1.74. The van der Waals surface area contributed by atoms with Crippen LogP contribution in [-0.2, 0) is 0 Å². The molecule has 2 unspecified atom stereocenters. The van der Waals surface area contributed by atoms with Gasteiger partial charge >= 0.3 is 0 Å². The van der Waals surface area contributed by atoms with E-state index in [0.717, 1.165) is 10.5 Å². The molecule has 0 aliphatic carbocycles. The third-order valence-corrected chi connectivity index (χ3v) is 2.94. The Morgan fingerprint density at radius 1 is 1.40 bits per heavy atom. The molecule has 15 heavy (non-hydrogen) atoms. The summed E-state index contributed by atoms with van der Waals surface area (Å²) < 4.78 is 0. The van der Waals surface area contributed by atoms with Crippen molar-refractivity contribution < 1.29 is 10.2 Å². The Balaban J connectivity index is 2.76. The average molecular weight is 227 g/mol. The molecular formula is C11H17NO2S. The van der Waals surface area contributed by atoms with Gasteiger partial charge in [0.15, 0.2) is 0 Å². The monoisotopic (exact) mass is 227 g/mol. The van der Waals surface area contributed by atoms with Gasteiger partial charge in [0.2, 0.25) is 0 Å². The van der Waals surface area contributed by atoms with Crippen LogP contribution in [0.4, 0.5) is 0 Å². The number of benzene rings is 1. The van der Waals surface area contributed by atoms with Gasteiger partial charge in [0.05, 0.1) is 6.10 Å². The second kappa shape index (κ2) is 6.12. The van der Waals surface area contributed by atoms with Gasteiger partial charge in [-0.2, -0.15) is 0 Å². The van der Waals surface area contributed by atoms with Gasteiger partial charge in [-0.15, -0.1) is 11.8 Å². The van der Waals surface area contributed by atoms with E-state index in [2.05, 4.69) is 5.32 Å². The van der Waals surface area contributed by atoms with Crippen LogP contribution in [0.2, 0.25) is 0 Å². The molecule has 0 saturated heterocycles. The van der Waals surface area contributed by atoms with E-state index in [1.54, 1.807) is 18.8 Å². The minimum atomic E-state index is -0.829. The van der Waals surface area contributed by atoms with E-state index in [0.29, 0.717) is 6.54 Å². The lowest BCUT2D eigenvalue weighted by Gasteiger charge is -2.18. The van der Waals surface area contributed by atoms with Crippen molar-refractivity contribution in [3.8, 4) is 0 Å². The second-order valence-corrected chi connectivity index (χ2v) is 4.23. The summed E-state index contributed by atoms with van der Waals surface area (Å²) in [6, 6.07) is 7.58. The Hall–Kier alpha value is -0.550. The summed E-state index contributed by atoms with van der Waals surface area (Å²) in [5.41, 5.74) is 0.754. The third kappa shape index (κ3) is 3.50. The molecule has 0 aromatic heterocycles. The molecule has 0 heterocycles. The Morgan fingerprint density at radius 2 is 2.13 bits per heavy atom. The number of nitrogens with one attached hydrogen (secondary N) is 1. The predicted molar refractivity (Wildman–Crippen MR) is 63.1 cm³/mol. The van der Waals surface area contributed by atoms with Crippen molar-refractivity contribution in [2.75, 3.05) is 19.8 Å². The molecule has 0 saturated carbocycles. The molecule has 1 aromatic rings. The van der Waals surface area contributed by atoms with Crippen molar-refractivity contribution >= 4 is 11.8 Å². The molecule has 0 fully saturated rings. The highest BCUT2D eigenvalue weighted by Crippen LogP contribution is 2.22. The van der Waals surface area contributed by atoms with Crippen LogP contribution in [0.15, 0.2) is 29.2 Å². The second-order valence-electron chi connectivity index (χ2n) is 3.35. The van der Waals surface area contributed by atoms with Gasteiger partial charge in [0.25, 0.3) is 0 Å². The Kier molecular flexibility index (Phi) is 5.11. The van der Waals surface area contributed by atoms with Crippen LogP contribution in [0.5, 0.6) is 0 Å². The van der Waals surface area contributed by atoms with Gasteiger partial charge in [0, 0.05) is 11.4 Å². The molecule has 0 bridgehead atoms. The van der Waals surface area contributed by atoms with Gasteiger partial charge in [0.1, 0.15) is 6.10 Å². The van der Waals surface area contributed by atoms with Crippen LogP contribution in [0, 0.1) is 0 Å². The van der Waals surface area contributed by atoms with Crippen molar-refractivity contribution in [3.63, 3.8) is 0 Å². The van der Waals surface area contributed by atoms with Gasteiger partial charge < -0.3 is 15.5 Å². The topological polar surface area (TPSA) is 52.5 Å². The lowest BCUT2D eigenvalue weighted by molar-refractivity contribution is 0.0201. The van der Waals surface area contributed by atoms with Crippen LogP contribution in [-0.4, -0.2) is 36.2 Å². The van der Waals surface area contributed by atoms with E-state index in [9.17, 15) is 10.2 Å². The van der Waals surface area contributed by atoms with Crippen molar-refractivity contribution in [2.24, 2.45) is 0 Å². The number of likely N-dealkylation sites (N-methyl/N-ethyl adjacent to an activating group) is 1. The fourth-order valence-electron chi connectivity index (χ4n) is 1.37. The normalized spacial score (nSPS) is 14.9. The largest absolute Gasteiger partial charge is 0.389 e. The number of thioether (sulfide) groups is 1. The Morgan fingerprint density at radius 3 is 2.73 bits per heavy atom. The first-order valence-corrected chi connectivity index (χ1v) is 6.06. The highest BCUT2D eigenvalue weighted by molar-refractivity contribution is 7.98. The molecule has 0 aliphatic rings. The molecule has 0 amide bonds. The summed E-state index contributed by atoms with van der Waals surface area (Å²) in [6.45, 7) is 0.380. The summed E-state index contributed by atoms with van der Waals surface area (Å²) in [6.07, 6.45) is 0.381. The van der Waals surface area contributed by atoms with Crippen LogP contribution in [0.25, 0.3) is 0 Å². The molecule has 0 radical (unpaired) electrons. The van der Waals surface area contributed by atoms with Gasteiger partial charge in [-0.25, -0.2) is 0 Å². The number of aliphatic hydroxyl groups is 2. The molecule has 3 nitrogen and oxygen atoms in total. The van der Waals surface area contributed by atoms with Gasteiger partial charge in [-0.3, -0.25) is 0 Å². The first-order chi connectivity index (χ1) is 7.19. The highest BCUT2D eigenvalue weighted by atomic mass is 32.2. The lowest BCUT2D eigenvalue weighted by atomic mass is 10.0. The van der Waals surface area contributed by atoms with Crippen molar-refractivity contribution in [1.29, 1.82) is 0 Å². The number of hydrogen-bond acceptors (Lipinski definition) is 4. The zero-order valence-corrected chi connectivity index (χ0v) is 9.79. The zero-order valence-electron chi connectivity index (χ0n) is 8.97. The summed E-state index contributed by atoms with van der Waals surface area (Å²) >= 11 is 1.62. The maximum Gasteiger partial charge on any atom is 0.106 e. The predicted octanol–water partition coefficient (Wildman–Crippen LogP) is 1.02. The van der Waals surface area contributed by atoms with Crippen molar-refractivity contribution in [3.05, 3.63) is 29.8 Å². The summed E-state index contributed by atoms with van der Waals surface area (Å²) in [5.74, 6) is 0. The minimum Gasteiger partial charge on any atom is -0.389 e. The molecule has 3 N–H and O–H groups in total. The van der Waals surface area contributed by atoms with E-state index in [4.69, 9.17) is 0 Å². The summed E-state index contributed by atoms with van der Waals surface area (Å²) in [4.78, 5) is 1.09. The lowest BCUT2D eigenvalue weighted by Crippen LogP contribution is -2.29. The van der Waals surface area contributed by atoms with E-state index >= 15 is 0 Å². The van der Waals surface area contributed by atoms with E-state index in [1.165, 1.54) is 0 Å². The van der Waals surface area contributed by atoms with Crippen LogP contribution >= 0.6 is 11.8 Å². The average Bonchev–Trinajstić information content (AvgIpc) is 2.28. The smallest absolute Gasteiger partial charge is 0.106 e. The fraction of sp³-hybridized carbons (Fsp3) is 0.455. The van der Waals surface area contributed by atoms with Crippen molar-refractivity contribution in [1.82, 2.24) is 5.32 Å². The van der Waals surface area contributed by atoms with Crippen molar-refractivity contribution in [2.45, 2.75) is 17.1 Å². The first kappa shape index (κ1) is 12.5. The maximum atomic E-state index is 9.84. The maximum absolute atomic E-state index is 9.84. The minimum absolute atomic E-state index is 0.380. The molecular weight excluding hydrogens is 210 g/mol. The van der Waals surface area contributed by atoms with E-state index < -0.39 is 12.2 Å². The summed E-state index contributed by atoms with van der Waals surface area (Å²) in [5, 5.41) is 22.3. The van der Waals surface area contributed by atoms with E-state index in [1.807, 2.05) is 30.5 Å². The molecule has 4 heteroatoms. The van der Waals surface area contributed by atoms with Gasteiger partial charge in [-0.05, 0) is 31.0 Å². The molecule has 84 valence electrons. The third-order valence-electron chi connectivity index (χ3n) is 2.21. The highest BCUT2D eigenvalue weighted by Gasteiger charge is 2.17. The van der Waals surface area contributed by atoms with Gasteiger partial charge in [-0.1, -0.05) is 12.1 Å². The van der Waals surface area contributed by atoms with Crippen LogP contribution in [0.3, 0.4) is 0 Å². The SMILES string of the molecule is CNCC(O)C(O)c1cccc(SC)c1. The van der Waals surface area contributed by atoms with Crippen LogP contribution in [0.1, 0.15) is 11.7 Å². The number of hydrogen-bond donors (Lipinski definition) is 3. The van der Waals surface area contributed by atoms with E-state index in [-0.39, 0.29) is 0 Å². The Labute approximate surface area is 94.5 Å². The fourth-order valence-corrected chi connectivity index (χ4v) is 1.84. The number of aliphatic hydroxyl groups excluding tert-OH is 2. The molecule has 2 atom stereocenters. The molecule has 0 aliphatic heterocycles. The molecule has 0 spiro atoms. The standard InChI is InChI=1S/C11H17NO2S/c1-12-7-10(13)11(14)8-4-3-5-9(6-8)15-2/h3-6,10-14H,7H2,1-2H3. The molecule has 1 aromatic carbocycles. The first-order valence-electron chi connectivity index (χ1n) is 4.83. The number of rotatable bonds is 5. The Bertz CT molecular complexity index is 306. The zero-order chi connectivity index (χ0) is 11.3. The van der Waals surface area contributed by atoms with Crippen LogP contribution < -0.4 is 5.32 Å². The quantitative estimate of drug-likeness (QED) is 0.657. The molecule has 1 rings (SSSR count).